The Labute approximate surface area is 120 Å². The van der Waals surface area contributed by atoms with Crippen molar-refractivity contribution in [3.8, 4) is 5.75 Å². The van der Waals surface area contributed by atoms with Crippen LogP contribution in [0.15, 0.2) is 29.2 Å². The molecule has 0 bridgehead atoms. The zero-order chi connectivity index (χ0) is 15.2. The van der Waals surface area contributed by atoms with Crippen molar-refractivity contribution in [1.82, 2.24) is 4.31 Å². The minimum absolute atomic E-state index is 0.225. The van der Waals surface area contributed by atoms with Crippen molar-refractivity contribution in [3.05, 3.63) is 24.3 Å². The van der Waals surface area contributed by atoms with Gasteiger partial charge in [0.2, 0.25) is 10.0 Å². The van der Waals surface area contributed by atoms with Gasteiger partial charge in [-0.05, 0) is 31.2 Å². The molecular formula is C13H22N2O4S. The molecule has 0 aliphatic heterocycles. The molecule has 1 rings (SSSR count). The third kappa shape index (κ3) is 4.17. The van der Waals surface area contributed by atoms with Gasteiger partial charge in [0, 0.05) is 26.7 Å². The Morgan fingerprint density at radius 3 is 2.40 bits per heavy atom. The molecule has 1 aromatic rings. The van der Waals surface area contributed by atoms with E-state index in [4.69, 9.17) is 15.2 Å². The van der Waals surface area contributed by atoms with Gasteiger partial charge in [0.05, 0.1) is 11.5 Å². The van der Waals surface area contributed by atoms with E-state index < -0.39 is 10.0 Å². The lowest BCUT2D eigenvalue weighted by atomic mass is 10.3. The van der Waals surface area contributed by atoms with Gasteiger partial charge in [-0.1, -0.05) is 0 Å². The number of sulfonamides is 1. The molecule has 0 saturated carbocycles. The van der Waals surface area contributed by atoms with E-state index >= 15 is 0 Å². The third-order valence-corrected chi connectivity index (χ3v) is 4.90. The molecule has 0 radical (unpaired) electrons. The molecule has 1 atom stereocenters. The summed E-state index contributed by atoms with van der Waals surface area (Å²) < 4.78 is 36.4. The first-order valence-electron chi connectivity index (χ1n) is 6.33. The van der Waals surface area contributed by atoms with Crippen LogP contribution in [0.2, 0.25) is 0 Å². The third-order valence-electron chi connectivity index (χ3n) is 2.92. The lowest BCUT2D eigenvalue weighted by Crippen LogP contribution is -2.37. The van der Waals surface area contributed by atoms with Crippen LogP contribution in [0.4, 0.5) is 0 Å². The first-order valence-corrected chi connectivity index (χ1v) is 7.77. The van der Waals surface area contributed by atoms with Crippen molar-refractivity contribution in [2.24, 2.45) is 5.73 Å². The molecule has 1 unspecified atom stereocenters. The summed E-state index contributed by atoms with van der Waals surface area (Å²) in [6.07, 6.45) is 0. The number of methoxy groups -OCH3 is 1. The van der Waals surface area contributed by atoms with Crippen LogP contribution >= 0.6 is 0 Å². The first kappa shape index (κ1) is 16.9. The lowest BCUT2D eigenvalue weighted by Gasteiger charge is -2.23. The fourth-order valence-electron chi connectivity index (χ4n) is 1.63. The summed E-state index contributed by atoms with van der Waals surface area (Å²) in [4.78, 5) is 0.225. The van der Waals surface area contributed by atoms with Crippen LogP contribution in [0, 0.1) is 0 Å². The average Bonchev–Trinajstić information content (AvgIpc) is 2.45. The molecule has 6 nitrogen and oxygen atoms in total. The van der Waals surface area contributed by atoms with Gasteiger partial charge in [0.25, 0.3) is 0 Å². The number of nitrogens with two attached hydrogens (primary N) is 1. The van der Waals surface area contributed by atoms with Crippen molar-refractivity contribution in [2.75, 3.05) is 33.9 Å². The summed E-state index contributed by atoms with van der Waals surface area (Å²) in [6.45, 7) is 2.95. The molecule has 0 aromatic heterocycles. The van der Waals surface area contributed by atoms with Gasteiger partial charge in [-0.25, -0.2) is 8.42 Å². The maximum absolute atomic E-state index is 12.4. The summed E-state index contributed by atoms with van der Waals surface area (Å²) >= 11 is 0. The second-order valence-corrected chi connectivity index (χ2v) is 6.43. The van der Waals surface area contributed by atoms with Gasteiger partial charge >= 0.3 is 0 Å². The van der Waals surface area contributed by atoms with E-state index in [-0.39, 0.29) is 10.9 Å². The fraction of sp³-hybridized carbons (Fsp3) is 0.538. The maximum atomic E-state index is 12.4. The molecule has 0 fully saturated rings. The molecule has 0 aliphatic carbocycles. The van der Waals surface area contributed by atoms with Gasteiger partial charge in [-0.15, -0.1) is 0 Å². The summed E-state index contributed by atoms with van der Waals surface area (Å²) in [5.41, 5.74) is 5.34. The molecule has 0 aliphatic rings. The molecular weight excluding hydrogens is 280 g/mol. The molecule has 0 heterocycles. The Bertz CT molecular complexity index is 502. The molecule has 1 aromatic carbocycles. The predicted molar refractivity (Wildman–Crippen MR) is 77.3 cm³/mol. The van der Waals surface area contributed by atoms with Gasteiger partial charge in [-0.2, -0.15) is 4.31 Å². The largest absolute Gasteiger partial charge is 0.492 e. The van der Waals surface area contributed by atoms with Crippen molar-refractivity contribution in [2.45, 2.75) is 17.9 Å². The Kier molecular flexibility index (Phi) is 6.41. The van der Waals surface area contributed by atoms with E-state index in [1.165, 1.54) is 23.5 Å². The van der Waals surface area contributed by atoms with E-state index in [0.717, 1.165) is 0 Å². The monoisotopic (exact) mass is 302 g/mol. The summed E-state index contributed by atoms with van der Waals surface area (Å²) in [5, 5.41) is 0. The minimum Gasteiger partial charge on any atom is -0.492 e. The van der Waals surface area contributed by atoms with Crippen LogP contribution in [-0.4, -0.2) is 52.7 Å². The van der Waals surface area contributed by atoms with Crippen LogP contribution in [0.1, 0.15) is 6.92 Å². The van der Waals surface area contributed by atoms with E-state index in [9.17, 15) is 8.42 Å². The number of benzene rings is 1. The molecule has 2 N–H and O–H groups in total. The Balaban J connectivity index is 2.87. The van der Waals surface area contributed by atoms with Crippen molar-refractivity contribution < 1.29 is 17.9 Å². The van der Waals surface area contributed by atoms with Crippen LogP contribution in [0.3, 0.4) is 0 Å². The molecule has 20 heavy (non-hydrogen) atoms. The number of likely N-dealkylation sites (N-methyl/N-ethyl adjacent to an activating group) is 1. The zero-order valence-corrected chi connectivity index (χ0v) is 12.9. The van der Waals surface area contributed by atoms with E-state index in [2.05, 4.69) is 0 Å². The molecule has 0 amide bonds. The van der Waals surface area contributed by atoms with Crippen LogP contribution in [-0.2, 0) is 14.8 Å². The predicted octanol–water partition coefficient (Wildman–Crippen LogP) is 0.680. The van der Waals surface area contributed by atoms with Crippen LogP contribution in [0.5, 0.6) is 5.75 Å². The number of hydrogen-bond acceptors (Lipinski definition) is 5. The standard InChI is InChI=1S/C13H22N2O4S/c1-11(10-18-3)15(2)20(16,17)13-6-4-12(5-7-13)19-9-8-14/h4-7,11H,8-10,14H2,1-3H3. The second-order valence-electron chi connectivity index (χ2n) is 4.43. The quantitative estimate of drug-likeness (QED) is 0.763. The van der Waals surface area contributed by atoms with Crippen LogP contribution < -0.4 is 10.5 Å². The molecule has 0 saturated heterocycles. The Hall–Kier alpha value is -1.15. The first-order chi connectivity index (χ1) is 9.43. The van der Waals surface area contributed by atoms with Crippen molar-refractivity contribution >= 4 is 10.0 Å². The lowest BCUT2D eigenvalue weighted by molar-refractivity contribution is 0.149. The fourth-order valence-corrected chi connectivity index (χ4v) is 2.98. The summed E-state index contributed by atoms with van der Waals surface area (Å²) in [5.74, 6) is 0.599. The topological polar surface area (TPSA) is 81.9 Å². The molecule has 7 heteroatoms. The van der Waals surface area contributed by atoms with E-state index in [0.29, 0.717) is 25.5 Å². The normalized spacial score (nSPS) is 13.4. The average molecular weight is 302 g/mol. The number of hydrogen-bond donors (Lipinski definition) is 1. The number of ether oxygens (including phenoxy) is 2. The maximum Gasteiger partial charge on any atom is 0.243 e. The molecule has 114 valence electrons. The highest BCUT2D eigenvalue weighted by Crippen LogP contribution is 2.20. The zero-order valence-electron chi connectivity index (χ0n) is 12.1. The highest BCUT2D eigenvalue weighted by molar-refractivity contribution is 7.89. The van der Waals surface area contributed by atoms with Gasteiger partial charge in [0.1, 0.15) is 12.4 Å². The smallest absolute Gasteiger partial charge is 0.243 e. The Morgan fingerprint density at radius 1 is 1.30 bits per heavy atom. The van der Waals surface area contributed by atoms with Gasteiger partial charge < -0.3 is 15.2 Å². The molecule has 0 spiro atoms. The SMILES string of the molecule is COCC(C)N(C)S(=O)(=O)c1ccc(OCCN)cc1. The van der Waals surface area contributed by atoms with Crippen LogP contribution in [0.25, 0.3) is 0 Å². The number of rotatable bonds is 8. The van der Waals surface area contributed by atoms with Crippen molar-refractivity contribution in [3.63, 3.8) is 0 Å². The highest BCUT2D eigenvalue weighted by atomic mass is 32.2. The minimum atomic E-state index is -3.52. The summed E-state index contributed by atoms with van der Waals surface area (Å²) in [6, 6.07) is 6.06. The van der Waals surface area contributed by atoms with Gasteiger partial charge in [0.15, 0.2) is 0 Å². The highest BCUT2D eigenvalue weighted by Gasteiger charge is 2.25. The van der Waals surface area contributed by atoms with Crippen molar-refractivity contribution in [1.29, 1.82) is 0 Å². The second kappa shape index (κ2) is 7.58. The number of nitrogens with zero attached hydrogens (tertiary/aromatic N) is 1. The van der Waals surface area contributed by atoms with E-state index in [1.807, 2.05) is 0 Å². The summed E-state index contributed by atoms with van der Waals surface area (Å²) in [7, 11) is -0.443. The van der Waals surface area contributed by atoms with E-state index in [1.54, 1.807) is 26.2 Å². The Morgan fingerprint density at radius 2 is 1.90 bits per heavy atom. The van der Waals surface area contributed by atoms with Gasteiger partial charge in [-0.3, -0.25) is 0 Å².